The zero-order valence-electron chi connectivity index (χ0n) is 4.59. The maximum atomic E-state index is 8.17. The van der Waals surface area contributed by atoms with E-state index in [1.54, 1.807) is 0 Å². The molecule has 1 nitrogen and oxygen atoms in total. The molecule has 0 fully saturated rings. The van der Waals surface area contributed by atoms with Gasteiger partial charge in [0.1, 0.15) is 0 Å². The molecule has 0 aromatic heterocycles. The van der Waals surface area contributed by atoms with Gasteiger partial charge in [-0.15, -0.1) is 0 Å². The van der Waals surface area contributed by atoms with E-state index in [2.05, 4.69) is 6.92 Å². The largest absolute Gasteiger partial charge is 0.566 e. The van der Waals surface area contributed by atoms with Crippen LogP contribution in [0.5, 0.6) is 0 Å². The minimum atomic E-state index is 0. The van der Waals surface area contributed by atoms with Crippen molar-refractivity contribution in [1.82, 2.24) is 0 Å². The van der Waals surface area contributed by atoms with Crippen LogP contribution in [0.2, 0.25) is 0 Å². The average Bonchev–Trinajstić information content (AvgIpc) is 1.65. The summed E-state index contributed by atoms with van der Waals surface area (Å²) >= 11 is 0. The van der Waals surface area contributed by atoms with Crippen molar-refractivity contribution in [3.63, 3.8) is 0 Å². The summed E-state index contributed by atoms with van der Waals surface area (Å²) in [7, 11) is 0. The zero-order chi connectivity index (χ0) is 4.99. The van der Waals surface area contributed by atoms with Gasteiger partial charge < -0.3 is 12.0 Å². The summed E-state index contributed by atoms with van der Waals surface area (Å²) in [6.07, 6.45) is 0.774. The Balaban J connectivity index is 0. The van der Waals surface area contributed by atoms with E-state index in [9.17, 15) is 0 Å². The van der Waals surface area contributed by atoms with Crippen LogP contribution in [0, 0.1) is 19.4 Å². The Hall–Kier alpha value is 1.06. The second-order valence-electron chi connectivity index (χ2n) is 1.42. The molecule has 1 radical (unpaired) electrons. The van der Waals surface area contributed by atoms with Gasteiger partial charge in [-0.1, -0.05) is 6.92 Å². The standard InChI is InChI=1S/C5H10O.Y/c1-3-5(2)4-6;/h4-6H,1,3H2,2H3;/q-2;. The fourth-order valence-corrected chi connectivity index (χ4v) is 0.0745. The molecule has 1 atom stereocenters. The molecule has 0 saturated carbocycles. The smallest absolute Gasteiger partial charge is 0 e. The van der Waals surface area contributed by atoms with E-state index in [-0.39, 0.29) is 38.6 Å². The summed E-state index contributed by atoms with van der Waals surface area (Å²) in [4.78, 5) is 0. The van der Waals surface area contributed by atoms with E-state index in [1.165, 1.54) is 0 Å². The van der Waals surface area contributed by atoms with Crippen LogP contribution in [0.3, 0.4) is 0 Å². The molecule has 1 unspecified atom stereocenters. The first-order valence-electron chi connectivity index (χ1n) is 2.08. The molecule has 0 rings (SSSR count). The van der Waals surface area contributed by atoms with E-state index >= 15 is 0 Å². The Kier molecular flexibility index (Phi) is 11.0. The van der Waals surface area contributed by atoms with Gasteiger partial charge in [-0.05, 0) is 0 Å². The molecule has 0 amide bonds. The van der Waals surface area contributed by atoms with Crippen molar-refractivity contribution in [3.05, 3.63) is 13.5 Å². The summed E-state index contributed by atoms with van der Waals surface area (Å²) in [5.74, 6) is 0.255. The zero-order valence-corrected chi connectivity index (χ0v) is 7.43. The molecule has 0 aromatic carbocycles. The number of aliphatic hydroxyl groups excluding tert-OH is 1. The van der Waals surface area contributed by atoms with Crippen molar-refractivity contribution in [2.24, 2.45) is 5.92 Å². The van der Waals surface area contributed by atoms with E-state index in [0.29, 0.717) is 0 Å². The Labute approximate surface area is 70.4 Å². The Morgan fingerprint density at radius 2 is 2.29 bits per heavy atom. The fourth-order valence-electron chi connectivity index (χ4n) is 0.0745. The van der Waals surface area contributed by atoms with E-state index in [0.717, 1.165) is 13.0 Å². The summed E-state index contributed by atoms with van der Waals surface area (Å²) in [6.45, 7) is 6.63. The molecule has 1 N–H and O–H groups in total. The van der Waals surface area contributed by atoms with Crippen molar-refractivity contribution >= 4 is 0 Å². The van der Waals surface area contributed by atoms with Crippen LogP contribution in [0.15, 0.2) is 0 Å². The topological polar surface area (TPSA) is 20.2 Å². The molecule has 41 valence electrons. The first-order valence-corrected chi connectivity index (χ1v) is 2.08. The first kappa shape index (κ1) is 10.9. The van der Waals surface area contributed by atoms with Crippen LogP contribution >= 0.6 is 0 Å². The quantitative estimate of drug-likeness (QED) is 0.628. The van der Waals surface area contributed by atoms with Crippen LogP contribution in [-0.4, -0.2) is 5.11 Å². The Bertz CT molecular complexity index is 27.3. The molecule has 0 bridgehead atoms. The summed E-state index contributed by atoms with van der Waals surface area (Å²) in [5.41, 5.74) is 0. The second-order valence-corrected chi connectivity index (χ2v) is 1.42. The monoisotopic (exact) mass is 175 g/mol. The summed E-state index contributed by atoms with van der Waals surface area (Å²) < 4.78 is 0. The van der Waals surface area contributed by atoms with Crippen LogP contribution in [0.1, 0.15) is 13.3 Å². The predicted molar refractivity (Wildman–Crippen MR) is 25.4 cm³/mol. The third-order valence-corrected chi connectivity index (χ3v) is 0.710. The Morgan fingerprint density at radius 1 is 1.86 bits per heavy atom. The van der Waals surface area contributed by atoms with Crippen molar-refractivity contribution in [2.75, 3.05) is 0 Å². The summed E-state index contributed by atoms with van der Waals surface area (Å²) in [5, 5.41) is 8.17. The molecular weight excluding hydrogens is 165 g/mol. The third-order valence-electron chi connectivity index (χ3n) is 0.710. The van der Waals surface area contributed by atoms with Gasteiger partial charge in [-0.25, -0.2) is 13.0 Å². The number of hydrogen-bond acceptors (Lipinski definition) is 1. The molecule has 0 spiro atoms. The molecule has 2 heteroatoms. The molecule has 7 heavy (non-hydrogen) atoms. The molecule has 0 saturated heterocycles. The molecule has 0 aliphatic heterocycles. The van der Waals surface area contributed by atoms with Crippen molar-refractivity contribution in [3.8, 4) is 0 Å². The predicted octanol–water partition coefficient (Wildman–Crippen LogP) is 1.38. The molecule has 0 aromatic rings. The number of rotatable bonds is 2. The van der Waals surface area contributed by atoms with Crippen molar-refractivity contribution in [2.45, 2.75) is 13.3 Å². The SMILES string of the molecule is [CH2-]CC(C)[CH-]O.[Y]. The van der Waals surface area contributed by atoms with Crippen molar-refractivity contribution < 1.29 is 37.8 Å². The Morgan fingerprint density at radius 3 is 2.29 bits per heavy atom. The first-order chi connectivity index (χ1) is 2.81. The fraction of sp³-hybridized carbons (Fsp3) is 0.600. The van der Waals surface area contributed by atoms with E-state index in [1.807, 2.05) is 6.92 Å². The maximum Gasteiger partial charge on any atom is 0 e. The van der Waals surface area contributed by atoms with Gasteiger partial charge >= 0.3 is 0 Å². The average molecular weight is 175 g/mol. The van der Waals surface area contributed by atoms with Gasteiger partial charge in [-0.3, -0.25) is 0 Å². The van der Waals surface area contributed by atoms with Gasteiger partial charge in [-0.2, -0.15) is 5.92 Å². The van der Waals surface area contributed by atoms with Gasteiger partial charge in [0.05, 0.1) is 0 Å². The molecular formula is C5H10OY-2. The van der Waals surface area contributed by atoms with Crippen LogP contribution < -0.4 is 0 Å². The van der Waals surface area contributed by atoms with Crippen LogP contribution in [0.25, 0.3) is 0 Å². The van der Waals surface area contributed by atoms with Crippen LogP contribution in [0.4, 0.5) is 0 Å². The third kappa shape index (κ3) is 7.06. The van der Waals surface area contributed by atoms with Crippen LogP contribution in [-0.2, 0) is 32.7 Å². The van der Waals surface area contributed by atoms with Gasteiger partial charge in [0.15, 0.2) is 0 Å². The molecule has 0 aliphatic carbocycles. The normalized spacial score (nSPS) is 12.4. The van der Waals surface area contributed by atoms with E-state index in [4.69, 9.17) is 5.11 Å². The van der Waals surface area contributed by atoms with Gasteiger partial charge in [0, 0.05) is 32.7 Å². The minimum absolute atomic E-state index is 0. The number of hydrogen-bond donors (Lipinski definition) is 1. The molecule has 0 heterocycles. The number of aliphatic hydroxyl groups is 1. The summed E-state index contributed by atoms with van der Waals surface area (Å²) in [6, 6.07) is 0. The minimum Gasteiger partial charge on any atom is -0.566 e. The molecule has 0 aliphatic rings. The van der Waals surface area contributed by atoms with E-state index < -0.39 is 0 Å². The second kappa shape index (κ2) is 7.06. The van der Waals surface area contributed by atoms with Crippen molar-refractivity contribution in [1.29, 1.82) is 0 Å². The van der Waals surface area contributed by atoms with Gasteiger partial charge in [0.25, 0.3) is 0 Å². The van der Waals surface area contributed by atoms with Gasteiger partial charge in [0.2, 0.25) is 0 Å². The maximum absolute atomic E-state index is 8.17.